The summed E-state index contributed by atoms with van der Waals surface area (Å²) in [6, 6.07) is 8.14. The lowest BCUT2D eigenvalue weighted by Gasteiger charge is -2.36. The van der Waals surface area contributed by atoms with Gasteiger partial charge in [-0.15, -0.1) is 0 Å². The molecule has 3 amide bonds. The van der Waals surface area contributed by atoms with Gasteiger partial charge in [-0.05, 0) is 36.5 Å². The third kappa shape index (κ3) is 3.27. The van der Waals surface area contributed by atoms with Crippen molar-refractivity contribution in [3.63, 3.8) is 0 Å². The fourth-order valence-electron chi connectivity index (χ4n) is 3.65. The summed E-state index contributed by atoms with van der Waals surface area (Å²) in [5.74, 6) is -0.921. The van der Waals surface area contributed by atoms with E-state index in [1.165, 1.54) is 0 Å². The monoisotopic (exact) mass is 355 g/mol. The molecule has 1 heterocycles. The van der Waals surface area contributed by atoms with Crippen LogP contribution in [0.4, 0.5) is 4.79 Å². The number of rotatable bonds is 4. The first-order valence-corrected chi connectivity index (χ1v) is 8.75. The van der Waals surface area contributed by atoms with Crippen molar-refractivity contribution in [2.75, 3.05) is 6.54 Å². The van der Waals surface area contributed by atoms with E-state index in [4.69, 9.17) is 10.00 Å². The van der Waals surface area contributed by atoms with Crippen molar-refractivity contribution in [2.24, 2.45) is 5.92 Å². The number of nitriles is 1. The van der Waals surface area contributed by atoms with Gasteiger partial charge in [0.05, 0.1) is 11.6 Å². The number of nitrogens with one attached hydrogen (secondary N) is 1. The van der Waals surface area contributed by atoms with Gasteiger partial charge in [-0.3, -0.25) is 14.5 Å². The number of nitrogens with zero attached hydrogens (tertiary/aromatic N) is 2. The fourth-order valence-corrected chi connectivity index (χ4v) is 3.65. The molecule has 1 N–H and O–H groups in total. The zero-order chi connectivity index (χ0) is 18.7. The maximum atomic E-state index is 12.8. The molecule has 1 spiro atoms. The van der Waals surface area contributed by atoms with Gasteiger partial charge < -0.3 is 10.1 Å². The smallest absolute Gasteiger partial charge is 0.326 e. The van der Waals surface area contributed by atoms with Crippen LogP contribution in [0.5, 0.6) is 0 Å². The van der Waals surface area contributed by atoms with Crippen LogP contribution in [0.15, 0.2) is 24.3 Å². The van der Waals surface area contributed by atoms with Crippen LogP contribution in [-0.4, -0.2) is 34.9 Å². The zero-order valence-corrected chi connectivity index (χ0v) is 14.7. The first-order chi connectivity index (χ1) is 12.5. The summed E-state index contributed by atoms with van der Waals surface area (Å²) in [4.78, 5) is 38.1. The Bertz CT molecular complexity index is 768. The van der Waals surface area contributed by atoms with E-state index in [2.05, 4.69) is 5.32 Å². The predicted molar refractivity (Wildman–Crippen MR) is 91.6 cm³/mol. The minimum absolute atomic E-state index is 0.0235. The largest absolute Gasteiger partial charge is 0.459 e. The molecule has 1 aromatic rings. The molecular weight excluding hydrogens is 334 g/mol. The molecule has 0 aromatic heterocycles. The van der Waals surface area contributed by atoms with E-state index in [9.17, 15) is 14.4 Å². The molecule has 26 heavy (non-hydrogen) atoms. The Hall–Kier alpha value is -2.88. The molecular formula is C19H21N3O4. The normalized spacial score (nSPS) is 25.1. The van der Waals surface area contributed by atoms with E-state index in [0.29, 0.717) is 12.0 Å². The highest BCUT2D eigenvalue weighted by molar-refractivity contribution is 6.08. The molecule has 0 unspecified atom stereocenters. The Labute approximate surface area is 151 Å². The van der Waals surface area contributed by atoms with Gasteiger partial charge in [-0.25, -0.2) is 4.79 Å². The van der Waals surface area contributed by atoms with Gasteiger partial charge in [0.15, 0.2) is 0 Å². The van der Waals surface area contributed by atoms with Crippen LogP contribution < -0.4 is 5.32 Å². The van der Waals surface area contributed by atoms with Gasteiger partial charge in [-0.2, -0.15) is 5.26 Å². The Balaban J connectivity index is 1.59. The summed E-state index contributed by atoms with van der Waals surface area (Å²) in [5, 5.41) is 11.6. The zero-order valence-electron chi connectivity index (χ0n) is 14.7. The van der Waals surface area contributed by atoms with Crippen LogP contribution >= 0.6 is 0 Å². The topological polar surface area (TPSA) is 99.5 Å². The number of amides is 3. The number of esters is 1. The van der Waals surface area contributed by atoms with Crippen molar-refractivity contribution in [2.45, 2.75) is 44.8 Å². The number of hydrogen-bond donors (Lipinski definition) is 1. The third-order valence-electron chi connectivity index (χ3n) is 5.27. The summed E-state index contributed by atoms with van der Waals surface area (Å²) < 4.78 is 5.17. The molecule has 1 saturated heterocycles. The highest BCUT2D eigenvalue weighted by Gasteiger charge is 2.55. The standard InChI is InChI=1S/C19H21N3O4/c1-13-4-2-3-9-19(13)17(24)22(18(25)21-19)11-16(23)26-12-15-7-5-14(10-20)6-8-15/h5-8,13H,2-4,9,11-12H2,1H3,(H,21,25)/t13-,19+/m0/s1. The van der Waals surface area contributed by atoms with Crippen LogP contribution in [0.2, 0.25) is 0 Å². The third-order valence-corrected chi connectivity index (χ3v) is 5.27. The van der Waals surface area contributed by atoms with E-state index < -0.39 is 24.1 Å². The predicted octanol–water partition coefficient (Wildman–Crippen LogP) is 2.10. The van der Waals surface area contributed by atoms with Crippen molar-refractivity contribution in [1.29, 1.82) is 5.26 Å². The second-order valence-corrected chi connectivity index (χ2v) is 6.91. The summed E-state index contributed by atoms with van der Waals surface area (Å²) in [7, 11) is 0. The number of carbonyl (C=O) groups excluding carboxylic acids is 3. The maximum Gasteiger partial charge on any atom is 0.326 e. The number of benzene rings is 1. The van der Waals surface area contributed by atoms with E-state index >= 15 is 0 Å². The molecule has 7 heteroatoms. The van der Waals surface area contributed by atoms with Crippen molar-refractivity contribution >= 4 is 17.9 Å². The molecule has 2 aliphatic rings. The number of urea groups is 1. The number of imide groups is 1. The second kappa shape index (κ2) is 7.16. The molecule has 0 bridgehead atoms. The molecule has 7 nitrogen and oxygen atoms in total. The molecule has 136 valence electrons. The Kier molecular flexibility index (Phi) is 4.94. The molecule has 3 rings (SSSR count). The lowest BCUT2D eigenvalue weighted by Crippen LogP contribution is -2.54. The Morgan fingerprint density at radius 2 is 2.08 bits per heavy atom. The summed E-state index contributed by atoms with van der Waals surface area (Å²) in [6.45, 7) is 1.59. The minimum Gasteiger partial charge on any atom is -0.459 e. The molecule has 1 saturated carbocycles. The summed E-state index contributed by atoms with van der Waals surface area (Å²) >= 11 is 0. The van der Waals surface area contributed by atoms with Crippen LogP contribution in [-0.2, 0) is 20.9 Å². The first-order valence-electron chi connectivity index (χ1n) is 8.75. The first kappa shape index (κ1) is 17.9. The molecule has 1 aliphatic heterocycles. The van der Waals surface area contributed by atoms with E-state index in [-0.39, 0.29) is 18.4 Å². The SMILES string of the molecule is C[C@H]1CCCC[C@@]12NC(=O)N(CC(=O)OCc1ccc(C#N)cc1)C2=O. The Morgan fingerprint density at radius 3 is 2.73 bits per heavy atom. The van der Waals surface area contributed by atoms with E-state index in [0.717, 1.165) is 29.7 Å². The van der Waals surface area contributed by atoms with Gasteiger partial charge in [0.25, 0.3) is 5.91 Å². The molecule has 0 radical (unpaired) electrons. The highest BCUT2D eigenvalue weighted by atomic mass is 16.5. The average molecular weight is 355 g/mol. The lowest BCUT2D eigenvalue weighted by molar-refractivity contribution is -0.149. The van der Waals surface area contributed by atoms with E-state index in [1.807, 2.05) is 13.0 Å². The quantitative estimate of drug-likeness (QED) is 0.659. The van der Waals surface area contributed by atoms with Crippen molar-refractivity contribution in [3.05, 3.63) is 35.4 Å². The number of ether oxygens (including phenoxy) is 1. The van der Waals surface area contributed by atoms with Crippen molar-refractivity contribution < 1.29 is 19.1 Å². The second-order valence-electron chi connectivity index (χ2n) is 6.91. The number of carbonyl (C=O) groups is 3. The average Bonchev–Trinajstić information content (AvgIpc) is 2.88. The van der Waals surface area contributed by atoms with Gasteiger partial charge in [0, 0.05) is 0 Å². The fraction of sp³-hybridized carbons (Fsp3) is 0.474. The lowest BCUT2D eigenvalue weighted by atomic mass is 9.73. The van der Waals surface area contributed by atoms with Crippen LogP contribution in [0.3, 0.4) is 0 Å². The molecule has 2 fully saturated rings. The van der Waals surface area contributed by atoms with Crippen LogP contribution in [0.25, 0.3) is 0 Å². The summed E-state index contributed by atoms with van der Waals surface area (Å²) in [6.07, 6.45) is 3.41. The van der Waals surface area contributed by atoms with Gasteiger partial charge in [0.2, 0.25) is 0 Å². The molecule has 2 atom stereocenters. The van der Waals surface area contributed by atoms with Crippen LogP contribution in [0, 0.1) is 17.2 Å². The minimum atomic E-state index is -0.872. The van der Waals surface area contributed by atoms with Gasteiger partial charge in [-0.1, -0.05) is 31.9 Å². The number of hydrogen-bond acceptors (Lipinski definition) is 5. The molecule has 1 aliphatic carbocycles. The van der Waals surface area contributed by atoms with Gasteiger partial charge >= 0.3 is 12.0 Å². The highest BCUT2D eigenvalue weighted by Crippen LogP contribution is 2.38. The summed E-state index contributed by atoms with van der Waals surface area (Å²) in [5.41, 5.74) is 0.376. The van der Waals surface area contributed by atoms with Crippen molar-refractivity contribution in [1.82, 2.24) is 10.2 Å². The van der Waals surface area contributed by atoms with Crippen LogP contribution in [0.1, 0.15) is 43.7 Å². The maximum absolute atomic E-state index is 12.8. The van der Waals surface area contributed by atoms with Gasteiger partial charge in [0.1, 0.15) is 18.7 Å². The molecule has 1 aromatic carbocycles. The van der Waals surface area contributed by atoms with E-state index in [1.54, 1.807) is 24.3 Å². The van der Waals surface area contributed by atoms with Crippen molar-refractivity contribution in [3.8, 4) is 6.07 Å². The Morgan fingerprint density at radius 1 is 1.35 bits per heavy atom.